The summed E-state index contributed by atoms with van der Waals surface area (Å²) < 4.78 is 12.1. The maximum absolute atomic E-state index is 13.4. The number of hydrogen-bond donors (Lipinski definition) is 0. The average Bonchev–Trinajstić information content (AvgIpc) is 2.74. The maximum atomic E-state index is 13.4. The molecule has 4 aromatic rings. The molecule has 0 bridgehead atoms. The van der Waals surface area contributed by atoms with Crippen molar-refractivity contribution in [3.8, 4) is 28.6 Å². The molecule has 0 radical (unpaired) electrons. The van der Waals surface area contributed by atoms with Crippen molar-refractivity contribution in [3.05, 3.63) is 83.2 Å². The van der Waals surface area contributed by atoms with Gasteiger partial charge in [-0.2, -0.15) is 0 Å². The molecule has 1 heterocycles. The fourth-order valence-corrected chi connectivity index (χ4v) is 3.18. The van der Waals surface area contributed by atoms with Gasteiger partial charge in [-0.05, 0) is 48.5 Å². The number of nitrogens with zero attached hydrogens (tertiary/aromatic N) is 2. The van der Waals surface area contributed by atoms with Crippen LogP contribution in [0.15, 0.2) is 77.6 Å². The van der Waals surface area contributed by atoms with Gasteiger partial charge in [0.25, 0.3) is 5.56 Å². The van der Waals surface area contributed by atoms with Gasteiger partial charge in [0.05, 0.1) is 29.3 Å². The molecule has 144 valence electrons. The van der Waals surface area contributed by atoms with Crippen LogP contribution in [0.25, 0.3) is 28.0 Å². The van der Waals surface area contributed by atoms with Gasteiger partial charge in [0.2, 0.25) is 0 Å². The second kappa shape index (κ2) is 7.59. The Kier molecular flexibility index (Phi) is 4.83. The van der Waals surface area contributed by atoms with E-state index in [0.717, 1.165) is 0 Å². The first kappa shape index (κ1) is 18.4. The van der Waals surface area contributed by atoms with Crippen molar-refractivity contribution >= 4 is 16.9 Å². The minimum atomic E-state index is -0.448. The van der Waals surface area contributed by atoms with Gasteiger partial charge >= 0.3 is 5.97 Å². The number of aromatic nitrogens is 2. The number of rotatable bonds is 4. The van der Waals surface area contributed by atoms with Crippen LogP contribution in [-0.2, 0) is 4.79 Å². The first-order valence-corrected chi connectivity index (χ1v) is 9.02. The average molecular weight is 386 g/mol. The highest BCUT2D eigenvalue weighted by Crippen LogP contribution is 2.31. The monoisotopic (exact) mass is 386 g/mol. The molecule has 29 heavy (non-hydrogen) atoms. The van der Waals surface area contributed by atoms with Crippen molar-refractivity contribution in [1.29, 1.82) is 0 Å². The van der Waals surface area contributed by atoms with E-state index in [1.54, 1.807) is 67.8 Å². The van der Waals surface area contributed by atoms with Crippen LogP contribution in [0.4, 0.5) is 0 Å². The molecule has 0 aliphatic carbocycles. The van der Waals surface area contributed by atoms with Gasteiger partial charge in [-0.1, -0.05) is 24.3 Å². The predicted octanol–water partition coefficient (Wildman–Crippen LogP) is 3.99. The summed E-state index contributed by atoms with van der Waals surface area (Å²) in [5.41, 5.74) is 1.52. The smallest absolute Gasteiger partial charge is 0.308 e. The molecular weight excluding hydrogens is 368 g/mol. The Labute approximate surface area is 167 Å². The minimum Gasteiger partial charge on any atom is -0.497 e. The van der Waals surface area contributed by atoms with Crippen molar-refractivity contribution in [3.63, 3.8) is 0 Å². The van der Waals surface area contributed by atoms with Crippen LogP contribution in [0.1, 0.15) is 6.92 Å². The number of esters is 1. The molecule has 0 aliphatic heterocycles. The number of ether oxygens (including phenoxy) is 2. The summed E-state index contributed by atoms with van der Waals surface area (Å²) in [5.74, 6) is 0.953. The number of methoxy groups -OCH3 is 1. The molecule has 0 unspecified atom stereocenters. The van der Waals surface area contributed by atoms with E-state index in [1.807, 2.05) is 12.1 Å². The minimum absolute atomic E-state index is 0.214. The highest BCUT2D eigenvalue weighted by atomic mass is 16.5. The van der Waals surface area contributed by atoms with Crippen molar-refractivity contribution in [2.45, 2.75) is 6.92 Å². The molecular formula is C23H18N2O4. The van der Waals surface area contributed by atoms with Crippen LogP contribution in [0.5, 0.6) is 11.5 Å². The third kappa shape index (κ3) is 3.48. The van der Waals surface area contributed by atoms with Crippen molar-refractivity contribution in [2.24, 2.45) is 0 Å². The number of fused-ring (bicyclic) bond motifs is 1. The third-order valence-corrected chi connectivity index (χ3v) is 4.49. The molecule has 0 spiro atoms. The Bertz CT molecular complexity index is 1260. The van der Waals surface area contributed by atoms with E-state index in [0.29, 0.717) is 39.5 Å². The largest absolute Gasteiger partial charge is 0.497 e. The Balaban J connectivity index is 2.05. The van der Waals surface area contributed by atoms with E-state index >= 15 is 0 Å². The summed E-state index contributed by atoms with van der Waals surface area (Å²) in [6.45, 7) is 1.33. The zero-order valence-electron chi connectivity index (χ0n) is 16.0. The molecule has 4 rings (SSSR count). The lowest BCUT2D eigenvalue weighted by atomic mass is 10.1. The second-order valence-electron chi connectivity index (χ2n) is 6.38. The van der Waals surface area contributed by atoms with E-state index in [1.165, 1.54) is 11.5 Å². The molecule has 0 amide bonds. The Hall–Kier alpha value is -3.93. The van der Waals surface area contributed by atoms with E-state index in [9.17, 15) is 9.59 Å². The van der Waals surface area contributed by atoms with E-state index in [2.05, 4.69) is 0 Å². The lowest BCUT2D eigenvalue weighted by Gasteiger charge is -2.16. The molecule has 0 fully saturated rings. The number of carbonyl (C=O) groups excluding carboxylic acids is 1. The maximum Gasteiger partial charge on any atom is 0.308 e. The first-order valence-electron chi connectivity index (χ1n) is 9.02. The van der Waals surface area contributed by atoms with Gasteiger partial charge in [0.1, 0.15) is 11.5 Å². The summed E-state index contributed by atoms with van der Waals surface area (Å²) in [6.07, 6.45) is 0. The quantitative estimate of drug-likeness (QED) is 0.392. The van der Waals surface area contributed by atoms with Crippen LogP contribution in [-0.4, -0.2) is 22.6 Å². The molecule has 0 N–H and O–H groups in total. The Morgan fingerprint density at radius 3 is 2.34 bits per heavy atom. The fourth-order valence-electron chi connectivity index (χ4n) is 3.18. The summed E-state index contributed by atoms with van der Waals surface area (Å²) in [5, 5.41) is 0.497. The summed E-state index contributed by atoms with van der Waals surface area (Å²) in [4.78, 5) is 29.7. The molecule has 6 nitrogen and oxygen atoms in total. The van der Waals surface area contributed by atoms with Crippen molar-refractivity contribution in [2.75, 3.05) is 7.11 Å². The van der Waals surface area contributed by atoms with Crippen LogP contribution in [0.2, 0.25) is 0 Å². The topological polar surface area (TPSA) is 70.4 Å². The SMILES string of the molecule is COc1ccc(-n2c(-c3ccccc3OC(C)=O)nc3ccccc3c2=O)cc1. The fraction of sp³-hybridized carbons (Fsp3) is 0.0870. The normalized spacial score (nSPS) is 10.7. The highest BCUT2D eigenvalue weighted by Gasteiger charge is 2.18. The Morgan fingerprint density at radius 1 is 0.931 bits per heavy atom. The van der Waals surface area contributed by atoms with Gasteiger partial charge < -0.3 is 9.47 Å². The van der Waals surface area contributed by atoms with Crippen molar-refractivity contribution in [1.82, 2.24) is 9.55 Å². The predicted molar refractivity (Wildman–Crippen MR) is 111 cm³/mol. The second-order valence-corrected chi connectivity index (χ2v) is 6.38. The number of carbonyl (C=O) groups is 1. The zero-order chi connectivity index (χ0) is 20.4. The van der Waals surface area contributed by atoms with E-state index < -0.39 is 5.97 Å². The van der Waals surface area contributed by atoms with Gasteiger partial charge in [-0.3, -0.25) is 14.2 Å². The summed E-state index contributed by atoms with van der Waals surface area (Å²) in [7, 11) is 1.58. The van der Waals surface area contributed by atoms with Crippen LogP contribution in [0, 0.1) is 0 Å². The van der Waals surface area contributed by atoms with Crippen molar-refractivity contribution < 1.29 is 14.3 Å². The number of para-hydroxylation sites is 2. The lowest BCUT2D eigenvalue weighted by Crippen LogP contribution is -2.22. The number of benzene rings is 3. The summed E-state index contributed by atoms with van der Waals surface area (Å²) in [6, 6.07) is 21.3. The molecule has 3 aromatic carbocycles. The van der Waals surface area contributed by atoms with Gasteiger partial charge in [0, 0.05) is 6.92 Å². The zero-order valence-corrected chi connectivity index (χ0v) is 16.0. The first-order chi connectivity index (χ1) is 14.1. The number of hydrogen-bond acceptors (Lipinski definition) is 5. The molecule has 0 aliphatic rings. The summed E-state index contributed by atoms with van der Waals surface area (Å²) >= 11 is 0. The molecule has 1 aromatic heterocycles. The van der Waals surface area contributed by atoms with Crippen LogP contribution >= 0.6 is 0 Å². The van der Waals surface area contributed by atoms with Gasteiger partial charge in [0.15, 0.2) is 5.82 Å². The van der Waals surface area contributed by atoms with Crippen LogP contribution < -0.4 is 15.0 Å². The van der Waals surface area contributed by atoms with Gasteiger partial charge in [-0.25, -0.2) is 4.98 Å². The standard InChI is InChI=1S/C23H18N2O4/c1-15(26)29-21-10-6-4-8-19(21)22-24-20-9-5-3-7-18(20)23(27)25(22)16-11-13-17(28-2)14-12-16/h3-14H,1-2H3. The highest BCUT2D eigenvalue weighted by molar-refractivity contribution is 5.82. The molecule has 0 saturated heterocycles. The molecule has 6 heteroatoms. The van der Waals surface area contributed by atoms with Gasteiger partial charge in [-0.15, -0.1) is 0 Å². The lowest BCUT2D eigenvalue weighted by molar-refractivity contribution is -0.131. The molecule has 0 atom stereocenters. The third-order valence-electron chi connectivity index (χ3n) is 4.49. The Morgan fingerprint density at radius 2 is 1.62 bits per heavy atom. The van der Waals surface area contributed by atoms with E-state index in [-0.39, 0.29) is 5.56 Å². The molecule has 0 saturated carbocycles. The van der Waals surface area contributed by atoms with Crippen LogP contribution in [0.3, 0.4) is 0 Å². The van der Waals surface area contributed by atoms with E-state index in [4.69, 9.17) is 14.5 Å².